The van der Waals surface area contributed by atoms with Crippen molar-refractivity contribution in [2.75, 3.05) is 0 Å². The van der Waals surface area contributed by atoms with Crippen molar-refractivity contribution in [3.8, 4) is 0 Å². The zero-order valence-corrected chi connectivity index (χ0v) is 11.0. The summed E-state index contributed by atoms with van der Waals surface area (Å²) in [6.07, 6.45) is 0. The van der Waals surface area contributed by atoms with E-state index in [1.807, 2.05) is 13.8 Å². The zero-order valence-electron chi connectivity index (χ0n) is 9.35. The summed E-state index contributed by atoms with van der Waals surface area (Å²) in [6, 6.07) is 0. The van der Waals surface area contributed by atoms with Crippen molar-refractivity contribution in [3.63, 3.8) is 0 Å². The number of hydrogen-bond donors (Lipinski definition) is 2. The summed E-state index contributed by atoms with van der Waals surface area (Å²) in [4.78, 5) is 0. The fraction of sp³-hybridized carbons (Fsp3) is 1.00. The van der Waals surface area contributed by atoms with Crippen LogP contribution in [0, 0.1) is 0 Å². The van der Waals surface area contributed by atoms with E-state index in [4.69, 9.17) is 9.11 Å². The van der Waals surface area contributed by atoms with Crippen molar-refractivity contribution in [2.45, 2.75) is 68.4 Å². The van der Waals surface area contributed by atoms with E-state index < -0.39 is 32.2 Å². The molecule has 0 bridgehead atoms. The van der Waals surface area contributed by atoms with Gasteiger partial charge in [-0.05, 0) is 13.8 Å². The van der Waals surface area contributed by atoms with Gasteiger partial charge in [0.1, 0.15) is 0 Å². The molecule has 0 aliphatic rings. The predicted octanol–water partition coefficient (Wildman–Crippen LogP) is 3.46. The van der Waals surface area contributed by atoms with Crippen LogP contribution >= 0.6 is 0 Å². The van der Waals surface area contributed by atoms with Gasteiger partial charge in [-0.3, -0.25) is 4.55 Å². The molecule has 0 aromatic heterocycles. The second-order valence-corrected chi connectivity index (χ2v) is 4.76. The van der Waals surface area contributed by atoms with E-state index in [9.17, 15) is 21.4 Å². The molecule has 0 amide bonds. The fourth-order valence-electron chi connectivity index (χ4n) is 0. The Hall–Kier alpha value is -0.160. The van der Waals surface area contributed by atoms with Crippen LogP contribution in [0.3, 0.4) is 0 Å². The van der Waals surface area contributed by atoms with Crippen molar-refractivity contribution in [2.24, 2.45) is 0 Å². The van der Waals surface area contributed by atoms with E-state index in [1.54, 1.807) is 0 Å². The van der Waals surface area contributed by atoms with E-state index in [1.165, 1.54) is 0 Å². The maximum absolute atomic E-state index is 11.4. The second-order valence-electron chi connectivity index (χ2n) is 1.88. The molecular weight excluding hydrogens is 318 g/mol. The minimum absolute atomic E-state index is 0. The highest BCUT2D eigenvalue weighted by Gasteiger charge is 2.13. The molecule has 0 aliphatic carbocycles. The van der Waals surface area contributed by atoms with E-state index in [0.717, 1.165) is 13.8 Å². The van der Waals surface area contributed by atoms with E-state index in [-0.39, 0.29) is 35.2 Å². The lowest BCUT2D eigenvalue weighted by Gasteiger charge is -1.90. The Labute approximate surface area is 126 Å². The molecule has 136 valence electrons. The molecule has 0 spiro atoms. The predicted molar refractivity (Wildman–Crippen MR) is 85.3 cm³/mol. The summed E-state index contributed by atoms with van der Waals surface area (Å²) in [5.41, 5.74) is -3.79. The molecule has 0 aromatic rings. The smallest absolute Gasteiger partial charge is 0.297 e. The molecule has 0 heterocycles. The highest BCUT2D eigenvalue weighted by atomic mass is 32.2. The van der Waals surface area contributed by atoms with Crippen LogP contribution in [0.1, 0.15) is 57.4 Å². The van der Waals surface area contributed by atoms with Gasteiger partial charge in [-0.2, -0.15) is 8.42 Å². The summed E-state index contributed by atoms with van der Waals surface area (Å²) in [7, 11) is -4.41. The summed E-state index contributed by atoms with van der Waals surface area (Å²) in [6.45, 7) is 5.77. The molecule has 6 nitrogen and oxygen atoms in total. The van der Waals surface area contributed by atoms with Gasteiger partial charge in [0.25, 0.3) is 10.1 Å². The third-order valence-corrected chi connectivity index (χ3v) is 2.06. The topological polar surface area (TPSA) is 123 Å². The molecule has 10 heteroatoms. The third-order valence-electron chi connectivity index (χ3n) is 0.688. The molecule has 4 N–H and O–H groups in total. The third kappa shape index (κ3) is 52.3. The first-order valence-corrected chi connectivity index (χ1v) is 6.60. The molecular formula is C10H34F2O6S2. The van der Waals surface area contributed by atoms with Gasteiger partial charge in [-0.15, -0.1) is 0 Å². The lowest BCUT2D eigenvalue weighted by molar-refractivity contribution is 0.390. The summed E-state index contributed by atoms with van der Waals surface area (Å²) in [5.74, 6) is 0. The van der Waals surface area contributed by atoms with Crippen molar-refractivity contribution in [1.82, 2.24) is 0 Å². The molecule has 3 atom stereocenters. The Morgan fingerprint density at radius 3 is 1.10 bits per heavy atom. The van der Waals surface area contributed by atoms with Crippen LogP contribution in [0.15, 0.2) is 0 Å². The Morgan fingerprint density at radius 2 is 1.10 bits per heavy atom. The Kier molecular flexibility index (Phi) is 68.4. The van der Waals surface area contributed by atoms with Gasteiger partial charge in [-0.1, -0.05) is 43.6 Å². The minimum atomic E-state index is -4.41. The first-order chi connectivity index (χ1) is 6.59. The minimum Gasteiger partial charge on any atom is -0.412 e. The van der Waals surface area contributed by atoms with Gasteiger partial charge in [0, 0.05) is 0 Å². The molecule has 0 aliphatic heterocycles. The number of halogens is 2. The van der Waals surface area contributed by atoms with Crippen molar-refractivity contribution in [3.05, 3.63) is 0 Å². The first-order valence-electron chi connectivity index (χ1n) is 3.93. The van der Waals surface area contributed by atoms with Gasteiger partial charge in [0.15, 0.2) is 16.6 Å². The standard InChI is InChI=1S/C2H5FO3S.C2H5FO2S.C2H6.4CH4.H2O/c1-2(3)7(4,5)6;1-2(3)6(4)5;1-2;;;;;/h2H,1H3,(H,4,5,6);2H,1H3,(H,4,5);1-2H3;4*1H4;1H2. The quantitative estimate of drug-likeness (QED) is 0.582. The second kappa shape index (κ2) is 27.2. The van der Waals surface area contributed by atoms with E-state index in [2.05, 4.69) is 0 Å². The van der Waals surface area contributed by atoms with Crippen molar-refractivity contribution < 1.29 is 36.0 Å². The lowest BCUT2D eigenvalue weighted by Crippen LogP contribution is -2.09. The summed E-state index contributed by atoms with van der Waals surface area (Å²) in [5, 5.41) is 0. The van der Waals surface area contributed by atoms with Crippen LogP contribution in [-0.4, -0.2) is 38.2 Å². The normalized spacial score (nSPS) is 12.0. The van der Waals surface area contributed by atoms with E-state index in [0.29, 0.717) is 0 Å². The highest BCUT2D eigenvalue weighted by Crippen LogP contribution is 1.95. The van der Waals surface area contributed by atoms with Crippen LogP contribution in [0.2, 0.25) is 0 Å². The van der Waals surface area contributed by atoms with Crippen molar-refractivity contribution in [1.29, 1.82) is 0 Å². The molecule has 0 fully saturated rings. The molecule has 3 unspecified atom stereocenters. The van der Waals surface area contributed by atoms with Crippen molar-refractivity contribution >= 4 is 21.2 Å². The van der Waals surface area contributed by atoms with Crippen LogP contribution in [0.25, 0.3) is 0 Å². The van der Waals surface area contributed by atoms with Crippen LogP contribution in [0.4, 0.5) is 8.78 Å². The van der Waals surface area contributed by atoms with Gasteiger partial charge < -0.3 is 10.0 Å². The van der Waals surface area contributed by atoms with Crippen LogP contribution < -0.4 is 0 Å². The summed E-state index contributed by atoms with van der Waals surface area (Å²) >= 11 is -2.28. The average molecular weight is 353 g/mol. The van der Waals surface area contributed by atoms with Gasteiger partial charge in [0.05, 0.1) is 0 Å². The Morgan fingerprint density at radius 1 is 1.00 bits per heavy atom. The Bertz CT molecular complexity index is 256. The highest BCUT2D eigenvalue weighted by molar-refractivity contribution is 7.86. The van der Waals surface area contributed by atoms with Crippen LogP contribution in [0.5, 0.6) is 0 Å². The number of alkyl halides is 2. The molecule has 0 radical (unpaired) electrons. The lowest BCUT2D eigenvalue weighted by atomic mass is 10.9. The van der Waals surface area contributed by atoms with Crippen LogP contribution in [-0.2, 0) is 21.2 Å². The van der Waals surface area contributed by atoms with E-state index >= 15 is 0 Å². The Balaban J connectivity index is -0.0000000175. The summed E-state index contributed by atoms with van der Waals surface area (Å²) < 4.78 is 66.5. The van der Waals surface area contributed by atoms with Gasteiger partial charge in [0.2, 0.25) is 5.50 Å². The fourth-order valence-corrected chi connectivity index (χ4v) is 0. The molecule has 0 aromatic carbocycles. The SMILES string of the molecule is C.C.C.C.CC.CC(F)S(=O)(=O)O.CC(F)S(=O)O.O. The monoisotopic (exact) mass is 352 g/mol. The maximum Gasteiger partial charge on any atom is 0.297 e. The van der Waals surface area contributed by atoms with Gasteiger partial charge >= 0.3 is 0 Å². The molecule has 0 rings (SSSR count). The molecule has 0 saturated heterocycles. The molecule has 0 saturated carbocycles. The maximum atomic E-state index is 11.4. The molecule has 20 heavy (non-hydrogen) atoms. The number of rotatable bonds is 2. The number of hydrogen-bond acceptors (Lipinski definition) is 3. The first kappa shape index (κ1) is 50.2. The zero-order chi connectivity index (χ0) is 13.2. The average Bonchev–Trinajstić information content (AvgIpc) is 2.07. The van der Waals surface area contributed by atoms with Gasteiger partial charge in [-0.25, -0.2) is 13.0 Å². The largest absolute Gasteiger partial charge is 0.412 e.